The van der Waals surface area contributed by atoms with Crippen molar-refractivity contribution in [1.82, 2.24) is 5.32 Å². The standard InChI is InChI=1S/C28H25ClN2O5/c1-17(2)36-25-13-8-20(15-24(25)29)14-23-26(32)30-28(34)31(27(23)33)21-9-11-22(12-10-21)35-16-19-6-4-18(3)5-7-19/h4-15,17H,16H2,1-3H3,(H,30,32,34)/b23-14+. The minimum Gasteiger partial charge on any atom is -0.489 e. The summed E-state index contributed by atoms with van der Waals surface area (Å²) in [5.41, 5.74) is 2.82. The van der Waals surface area contributed by atoms with Crippen LogP contribution in [-0.4, -0.2) is 23.9 Å². The summed E-state index contributed by atoms with van der Waals surface area (Å²) >= 11 is 6.28. The molecule has 0 aliphatic carbocycles. The van der Waals surface area contributed by atoms with E-state index in [1.54, 1.807) is 42.5 Å². The Hall–Kier alpha value is -4.10. The molecule has 1 N–H and O–H groups in total. The maximum Gasteiger partial charge on any atom is 0.335 e. The number of nitrogens with one attached hydrogen (secondary N) is 1. The molecule has 1 heterocycles. The quantitative estimate of drug-likeness (QED) is 0.330. The second-order valence-electron chi connectivity index (χ2n) is 8.58. The second kappa shape index (κ2) is 10.7. The third-order valence-corrected chi connectivity index (χ3v) is 5.65. The summed E-state index contributed by atoms with van der Waals surface area (Å²) in [4.78, 5) is 39.0. The van der Waals surface area contributed by atoms with E-state index >= 15 is 0 Å². The molecule has 0 unspecified atom stereocenters. The smallest absolute Gasteiger partial charge is 0.335 e. The highest BCUT2D eigenvalue weighted by Crippen LogP contribution is 2.29. The number of amides is 4. The van der Waals surface area contributed by atoms with Gasteiger partial charge in [-0.1, -0.05) is 47.5 Å². The van der Waals surface area contributed by atoms with Gasteiger partial charge >= 0.3 is 6.03 Å². The third-order valence-electron chi connectivity index (χ3n) is 5.35. The number of imide groups is 2. The molecule has 7 nitrogen and oxygen atoms in total. The highest BCUT2D eigenvalue weighted by Gasteiger charge is 2.36. The molecule has 0 aromatic heterocycles. The van der Waals surface area contributed by atoms with E-state index < -0.39 is 17.8 Å². The van der Waals surface area contributed by atoms with Crippen LogP contribution >= 0.6 is 11.6 Å². The van der Waals surface area contributed by atoms with Crippen molar-refractivity contribution in [3.8, 4) is 11.5 Å². The van der Waals surface area contributed by atoms with Crippen LogP contribution in [0, 0.1) is 6.92 Å². The summed E-state index contributed by atoms with van der Waals surface area (Å²) in [7, 11) is 0. The molecule has 8 heteroatoms. The van der Waals surface area contributed by atoms with E-state index in [1.807, 2.05) is 45.0 Å². The van der Waals surface area contributed by atoms with Gasteiger partial charge in [0, 0.05) is 0 Å². The molecule has 1 aliphatic rings. The van der Waals surface area contributed by atoms with Crippen LogP contribution in [0.15, 0.2) is 72.3 Å². The Balaban J connectivity index is 1.52. The fourth-order valence-electron chi connectivity index (χ4n) is 3.56. The maximum atomic E-state index is 13.2. The van der Waals surface area contributed by atoms with E-state index in [0.717, 1.165) is 10.5 Å². The lowest BCUT2D eigenvalue weighted by atomic mass is 10.1. The van der Waals surface area contributed by atoms with Crippen LogP contribution in [0.1, 0.15) is 30.5 Å². The fraction of sp³-hybridized carbons (Fsp3) is 0.179. The summed E-state index contributed by atoms with van der Waals surface area (Å²) in [6.07, 6.45) is 1.33. The summed E-state index contributed by atoms with van der Waals surface area (Å²) in [6.45, 7) is 6.16. The number of benzene rings is 3. The van der Waals surface area contributed by atoms with Gasteiger partial charge < -0.3 is 9.47 Å². The number of halogens is 1. The van der Waals surface area contributed by atoms with Crippen molar-refractivity contribution < 1.29 is 23.9 Å². The second-order valence-corrected chi connectivity index (χ2v) is 8.99. The monoisotopic (exact) mass is 504 g/mol. The van der Waals surface area contributed by atoms with Crippen molar-refractivity contribution in [2.45, 2.75) is 33.5 Å². The zero-order chi connectivity index (χ0) is 25.8. The minimum atomic E-state index is -0.825. The fourth-order valence-corrected chi connectivity index (χ4v) is 3.79. The van der Waals surface area contributed by atoms with Gasteiger partial charge in [0.15, 0.2) is 0 Å². The number of ether oxygens (including phenoxy) is 2. The van der Waals surface area contributed by atoms with Gasteiger partial charge in [-0.2, -0.15) is 0 Å². The Morgan fingerprint density at radius 3 is 2.31 bits per heavy atom. The lowest BCUT2D eigenvalue weighted by molar-refractivity contribution is -0.122. The van der Waals surface area contributed by atoms with E-state index in [2.05, 4.69) is 5.32 Å². The van der Waals surface area contributed by atoms with E-state index in [-0.39, 0.29) is 11.7 Å². The van der Waals surface area contributed by atoms with Crippen molar-refractivity contribution >= 4 is 41.2 Å². The van der Waals surface area contributed by atoms with Crippen LogP contribution in [-0.2, 0) is 16.2 Å². The Morgan fingerprint density at radius 1 is 0.972 bits per heavy atom. The van der Waals surface area contributed by atoms with Gasteiger partial charge in [-0.25, -0.2) is 9.69 Å². The van der Waals surface area contributed by atoms with E-state index in [4.69, 9.17) is 21.1 Å². The first kappa shape index (κ1) is 25.0. The molecular weight excluding hydrogens is 480 g/mol. The lowest BCUT2D eigenvalue weighted by Crippen LogP contribution is -2.54. The Bertz CT molecular complexity index is 1330. The molecule has 0 atom stereocenters. The van der Waals surface area contributed by atoms with Crippen LogP contribution in [0.5, 0.6) is 11.5 Å². The Labute approximate surface area is 214 Å². The van der Waals surface area contributed by atoms with Gasteiger partial charge in [-0.3, -0.25) is 14.9 Å². The molecule has 1 aliphatic heterocycles. The number of hydrogen-bond acceptors (Lipinski definition) is 5. The third kappa shape index (κ3) is 5.75. The first-order chi connectivity index (χ1) is 17.2. The predicted octanol–water partition coefficient (Wildman–Crippen LogP) is 5.68. The van der Waals surface area contributed by atoms with Crippen LogP contribution in [0.3, 0.4) is 0 Å². The van der Waals surface area contributed by atoms with Gasteiger partial charge in [-0.05, 0) is 74.4 Å². The van der Waals surface area contributed by atoms with Crippen molar-refractivity contribution in [2.75, 3.05) is 4.90 Å². The number of carbonyl (C=O) groups excluding carboxylic acids is 3. The van der Waals surface area contributed by atoms with Gasteiger partial charge in [0.2, 0.25) is 0 Å². The highest BCUT2D eigenvalue weighted by atomic mass is 35.5. The molecule has 0 bridgehead atoms. The molecule has 3 aromatic rings. The number of nitrogens with zero attached hydrogens (tertiary/aromatic N) is 1. The lowest BCUT2D eigenvalue weighted by Gasteiger charge is -2.26. The predicted molar refractivity (Wildman–Crippen MR) is 138 cm³/mol. The van der Waals surface area contributed by atoms with Crippen molar-refractivity contribution in [3.05, 3.63) is 94.0 Å². The normalized spacial score (nSPS) is 14.9. The highest BCUT2D eigenvalue weighted by molar-refractivity contribution is 6.39. The minimum absolute atomic E-state index is 0.0589. The van der Waals surface area contributed by atoms with Gasteiger partial charge in [0.05, 0.1) is 16.8 Å². The molecule has 1 fully saturated rings. The molecule has 36 heavy (non-hydrogen) atoms. The average Bonchev–Trinajstić information content (AvgIpc) is 2.83. The van der Waals surface area contributed by atoms with Crippen LogP contribution in [0.2, 0.25) is 5.02 Å². The molecule has 4 rings (SSSR count). The van der Waals surface area contributed by atoms with E-state index in [0.29, 0.717) is 34.4 Å². The van der Waals surface area contributed by atoms with Crippen molar-refractivity contribution in [2.24, 2.45) is 0 Å². The summed E-state index contributed by atoms with van der Waals surface area (Å²) < 4.78 is 11.4. The number of barbiturate groups is 1. The number of rotatable bonds is 7. The number of anilines is 1. The van der Waals surface area contributed by atoms with Gasteiger partial charge in [-0.15, -0.1) is 0 Å². The molecular formula is C28H25ClN2O5. The van der Waals surface area contributed by atoms with Gasteiger partial charge in [0.1, 0.15) is 23.7 Å². The summed E-state index contributed by atoms with van der Waals surface area (Å²) in [6, 6.07) is 18.6. The number of hydrogen-bond donors (Lipinski definition) is 1. The first-order valence-corrected chi connectivity index (χ1v) is 11.7. The average molecular weight is 505 g/mol. The van der Waals surface area contributed by atoms with Crippen molar-refractivity contribution in [3.63, 3.8) is 0 Å². The van der Waals surface area contributed by atoms with Crippen LogP contribution in [0.4, 0.5) is 10.5 Å². The topological polar surface area (TPSA) is 84.9 Å². The largest absolute Gasteiger partial charge is 0.489 e. The molecule has 0 saturated carbocycles. The van der Waals surface area contributed by atoms with Crippen LogP contribution < -0.4 is 19.7 Å². The summed E-state index contributed by atoms with van der Waals surface area (Å²) in [5.74, 6) is -0.447. The number of carbonyl (C=O) groups is 3. The zero-order valence-corrected chi connectivity index (χ0v) is 20.8. The SMILES string of the molecule is Cc1ccc(COc2ccc(N3C(=O)NC(=O)/C(=C\c4ccc(OC(C)C)c(Cl)c4)C3=O)cc2)cc1. The Morgan fingerprint density at radius 2 is 1.67 bits per heavy atom. The Kier molecular flexibility index (Phi) is 7.41. The van der Waals surface area contributed by atoms with Gasteiger partial charge in [0.25, 0.3) is 11.8 Å². The molecule has 0 radical (unpaired) electrons. The molecule has 184 valence electrons. The molecule has 0 spiro atoms. The van der Waals surface area contributed by atoms with Crippen LogP contribution in [0.25, 0.3) is 6.08 Å². The molecule has 3 aromatic carbocycles. The maximum absolute atomic E-state index is 13.2. The van der Waals surface area contributed by atoms with Crippen molar-refractivity contribution in [1.29, 1.82) is 0 Å². The van der Waals surface area contributed by atoms with E-state index in [1.165, 1.54) is 11.6 Å². The summed E-state index contributed by atoms with van der Waals surface area (Å²) in [5, 5.41) is 2.56. The first-order valence-electron chi connectivity index (χ1n) is 11.4. The zero-order valence-electron chi connectivity index (χ0n) is 20.1. The number of aryl methyl sites for hydroxylation is 1. The molecule has 1 saturated heterocycles. The number of urea groups is 1. The molecule has 4 amide bonds. The van der Waals surface area contributed by atoms with E-state index in [9.17, 15) is 14.4 Å².